The number of carbonyl (C=O) groups is 2. The fourth-order valence-electron chi connectivity index (χ4n) is 4.99. The molecule has 24 heavy (non-hydrogen) atoms. The van der Waals surface area contributed by atoms with Crippen LogP contribution in [0.25, 0.3) is 10.9 Å². The molecule has 3 fully saturated rings. The predicted molar refractivity (Wildman–Crippen MR) is 88.3 cm³/mol. The predicted octanol–water partition coefficient (Wildman–Crippen LogP) is 2.68. The molecule has 0 N–H and O–H groups in total. The minimum Gasteiger partial charge on any atom is -0.367 e. The van der Waals surface area contributed by atoms with Crippen LogP contribution in [0.15, 0.2) is 36.5 Å². The van der Waals surface area contributed by atoms with E-state index in [4.69, 9.17) is 4.74 Å². The van der Waals surface area contributed by atoms with Gasteiger partial charge in [0, 0.05) is 11.6 Å². The molecule has 4 heterocycles. The lowest BCUT2D eigenvalue weighted by Crippen LogP contribution is -2.40. The molecule has 4 atom stereocenters. The third-order valence-electron chi connectivity index (χ3n) is 6.07. The summed E-state index contributed by atoms with van der Waals surface area (Å²) in [6.07, 6.45) is 3.37. The highest BCUT2D eigenvalue weighted by Gasteiger charge is 2.72. The molecule has 3 aliphatic rings. The fraction of sp³-hybridized carbons (Fsp3) is 0.421. The number of fused-ring (bicyclic) bond motifs is 6. The van der Waals surface area contributed by atoms with Crippen LogP contribution in [0.4, 0.5) is 5.69 Å². The number of hydrogen-bond acceptors (Lipinski definition) is 4. The van der Waals surface area contributed by atoms with Crippen molar-refractivity contribution in [1.29, 1.82) is 0 Å². The summed E-state index contributed by atoms with van der Waals surface area (Å²) >= 11 is 0. The van der Waals surface area contributed by atoms with Gasteiger partial charge in [-0.25, -0.2) is 4.90 Å². The van der Waals surface area contributed by atoms with Gasteiger partial charge < -0.3 is 4.74 Å². The Hall–Kier alpha value is -2.27. The second-order valence-corrected chi connectivity index (χ2v) is 7.54. The highest BCUT2D eigenvalue weighted by Crippen LogP contribution is 2.61. The van der Waals surface area contributed by atoms with Crippen LogP contribution in [-0.2, 0) is 14.3 Å². The lowest BCUT2D eigenvalue weighted by Gasteiger charge is -2.27. The van der Waals surface area contributed by atoms with E-state index < -0.39 is 11.2 Å². The number of pyridine rings is 1. The topological polar surface area (TPSA) is 59.5 Å². The summed E-state index contributed by atoms with van der Waals surface area (Å²) in [6.45, 7) is 3.95. The molecule has 0 radical (unpaired) electrons. The molecule has 2 bridgehead atoms. The molecule has 0 saturated carbocycles. The highest BCUT2D eigenvalue weighted by atomic mass is 16.5. The second kappa shape index (κ2) is 4.22. The average Bonchev–Trinajstić information content (AvgIpc) is 3.11. The van der Waals surface area contributed by atoms with Crippen LogP contribution >= 0.6 is 0 Å². The summed E-state index contributed by atoms with van der Waals surface area (Å²) in [5.41, 5.74) is 0.369. The normalized spacial score (nSPS) is 37.5. The Morgan fingerprint density at radius 2 is 1.71 bits per heavy atom. The van der Waals surface area contributed by atoms with Crippen LogP contribution in [-0.4, -0.2) is 28.0 Å². The molecule has 1 aromatic heterocycles. The number of benzene rings is 1. The van der Waals surface area contributed by atoms with E-state index >= 15 is 0 Å². The van der Waals surface area contributed by atoms with Gasteiger partial charge in [-0.2, -0.15) is 0 Å². The lowest BCUT2D eigenvalue weighted by molar-refractivity contribution is -0.129. The van der Waals surface area contributed by atoms with E-state index in [0.29, 0.717) is 5.69 Å². The molecule has 3 aliphatic heterocycles. The van der Waals surface area contributed by atoms with Crippen molar-refractivity contribution in [3.8, 4) is 0 Å². The lowest BCUT2D eigenvalue weighted by atomic mass is 9.69. The molecular weight excluding hydrogens is 304 g/mol. The first-order chi connectivity index (χ1) is 11.4. The van der Waals surface area contributed by atoms with Gasteiger partial charge in [0.15, 0.2) is 0 Å². The van der Waals surface area contributed by atoms with E-state index in [9.17, 15) is 9.59 Å². The van der Waals surface area contributed by atoms with Crippen molar-refractivity contribution in [1.82, 2.24) is 4.98 Å². The van der Waals surface area contributed by atoms with E-state index in [1.807, 2.05) is 44.2 Å². The maximum Gasteiger partial charge on any atom is 0.240 e. The van der Waals surface area contributed by atoms with Gasteiger partial charge in [0.1, 0.15) is 0 Å². The van der Waals surface area contributed by atoms with Gasteiger partial charge >= 0.3 is 0 Å². The highest BCUT2D eigenvalue weighted by molar-refractivity contribution is 6.25. The van der Waals surface area contributed by atoms with E-state index in [1.165, 1.54) is 4.90 Å². The van der Waals surface area contributed by atoms with Crippen LogP contribution in [0, 0.1) is 11.8 Å². The van der Waals surface area contributed by atoms with Gasteiger partial charge in [-0.05, 0) is 51.0 Å². The Morgan fingerprint density at radius 3 is 2.38 bits per heavy atom. The van der Waals surface area contributed by atoms with Crippen LogP contribution in [0.5, 0.6) is 0 Å². The first-order valence-electron chi connectivity index (χ1n) is 8.36. The summed E-state index contributed by atoms with van der Waals surface area (Å²) < 4.78 is 6.15. The summed E-state index contributed by atoms with van der Waals surface area (Å²) in [6, 6.07) is 9.29. The average molecular weight is 322 g/mol. The SMILES string of the molecule is CC12CCC(C)(O1)C1C(=O)N(c3cccc4ncccc34)C(=O)C12. The zero-order chi connectivity index (χ0) is 16.7. The Balaban J connectivity index is 1.69. The number of imide groups is 1. The molecule has 2 amide bonds. The van der Waals surface area contributed by atoms with Crippen LogP contribution in [0.3, 0.4) is 0 Å². The Kier molecular flexibility index (Phi) is 2.48. The number of aromatic nitrogens is 1. The van der Waals surface area contributed by atoms with Crippen molar-refractivity contribution in [3.05, 3.63) is 36.5 Å². The van der Waals surface area contributed by atoms with Gasteiger partial charge in [-0.3, -0.25) is 14.6 Å². The minimum atomic E-state index is -0.524. The van der Waals surface area contributed by atoms with E-state index in [1.54, 1.807) is 6.20 Å². The standard InChI is InChI=1S/C19H18N2O3/c1-18-8-9-19(2,24-18)15-14(18)16(22)21(17(15)23)13-7-3-6-12-11(13)5-4-10-20-12/h3-7,10,14-15H,8-9H2,1-2H3. The summed E-state index contributed by atoms with van der Waals surface area (Å²) in [7, 11) is 0. The van der Waals surface area contributed by atoms with Crippen LogP contribution in [0.2, 0.25) is 0 Å². The molecule has 2 aromatic rings. The van der Waals surface area contributed by atoms with Crippen LogP contribution < -0.4 is 4.90 Å². The molecule has 5 heteroatoms. The smallest absolute Gasteiger partial charge is 0.240 e. The van der Waals surface area contributed by atoms with Crippen molar-refractivity contribution < 1.29 is 14.3 Å². The first kappa shape index (κ1) is 14.1. The number of anilines is 1. The van der Waals surface area contributed by atoms with E-state index in [2.05, 4.69) is 4.98 Å². The molecule has 0 spiro atoms. The quantitative estimate of drug-likeness (QED) is 0.758. The molecule has 3 saturated heterocycles. The number of ether oxygens (including phenoxy) is 1. The van der Waals surface area contributed by atoms with Crippen molar-refractivity contribution in [2.24, 2.45) is 11.8 Å². The fourth-order valence-corrected chi connectivity index (χ4v) is 4.99. The Labute approximate surface area is 139 Å². The Morgan fingerprint density at radius 1 is 1.04 bits per heavy atom. The van der Waals surface area contributed by atoms with Gasteiger partial charge in [-0.1, -0.05) is 6.07 Å². The Bertz CT molecular complexity index is 871. The minimum absolute atomic E-state index is 0.132. The van der Waals surface area contributed by atoms with Gasteiger partial charge in [-0.15, -0.1) is 0 Å². The van der Waals surface area contributed by atoms with E-state index in [0.717, 1.165) is 23.7 Å². The zero-order valence-electron chi connectivity index (χ0n) is 13.7. The molecular formula is C19H18N2O3. The van der Waals surface area contributed by atoms with E-state index in [-0.39, 0.29) is 23.7 Å². The van der Waals surface area contributed by atoms with Gasteiger partial charge in [0.05, 0.1) is 34.2 Å². The third kappa shape index (κ3) is 1.51. The third-order valence-corrected chi connectivity index (χ3v) is 6.07. The molecule has 0 aliphatic carbocycles. The molecule has 5 rings (SSSR count). The molecule has 5 nitrogen and oxygen atoms in total. The number of hydrogen-bond donors (Lipinski definition) is 0. The van der Waals surface area contributed by atoms with Crippen molar-refractivity contribution in [2.45, 2.75) is 37.9 Å². The summed E-state index contributed by atoms with van der Waals surface area (Å²) in [5.74, 6) is -1.02. The maximum absolute atomic E-state index is 13.2. The van der Waals surface area contributed by atoms with Gasteiger partial charge in [0.25, 0.3) is 0 Å². The largest absolute Gasteiger partial charge is 0.367 e. The van der Waals surface area contributed by atoms with Crippen molar-refractivity contribution >= 4 is 28.4 Å². The summed E-state index contributed by atoms with van der Waals surface area (Å²) in [5, 5.41) is 0.824. The molecule has 1 aromatic carbocycles. The molecule has 122 valence electrons. The second-order valence-electron chi connectivity index (χ2n) is 7.54. The van der Waals surface area contributed by atoms with Crippen molar-refractivity contribution in [2.75, 3.05) is 4.90 Å². The number of rotatable bonds is 1. The number of amides is 2. The monoisotopic (exact) mass is 322 g/mol. The summed E-state index contributed by atoms with van der Waals surface area (Å²) in [4.78, 5) is 32.1. The first-order valence-corrected chi connectivity index (χ1v) is 8.36. The van der Waals surface area contributed by atoms with Crippen molar-refractivity contribution in [3.63, 3.8) is 0 Å². The number of nitrogens with zero attached hydrogens (tertiary/aromatic N) is 2. The van der Waals surface area contributed by atoms with Gasteiger partial charge in [0.2, 0.25) is 11.8 Å². The number of carbonyl (C=O) groups excluding carboxylic acids is 2. The molecule has 4 unspecified atom stereocenters. The zero-order valence-corrected chi connectivity index (χ0v) is 13.7. The van der Waals surface area contributed by atoms with Crippen LogP contribution in [0.1, 0.15) is 26.7 Å². The maximum atomic E-state index is 13.2.